The maximum Gasteiger partial charge on any atom is 0.326 e. The van der Waals surface area contributed by atoms with Gasteiger partial charge in [0.25, 0.3) is 0 Å². The molecule has 9 N–H and O–H groups in total. The molecule has 0 aliphatic carbocycles. The molecule has 1 aromatic rings. The van der Waals surface area contributed by atoms with Gasteiger partial charge >= 0.3 is 5.97 Å². The van der Waals surface area contributed by atoms with Crippen molar-refractivity contribution in [3.05, 3.63) is 18.2 Å². The zero-order valence-corrected chi connectivity index (χ0v) is 17.0. The second kappa shape index (κ2) is 12.1. The molecule has 5 unspecified atom stereocenters. The summed E-state index contributed by atoms with van der Waals surface area (Å²) < 4.78 is 0. The van der Waals surface area contributed by atoms with Crippen LogP contribution in [0, 0.1) is 0 Å². The Morgan fingerprint density at radius 2 is 1.70 bits per heavy atom. The largest absolute Gasteiger partial charge is 0.480 e. The van der Waals surface area contributed by atoms with Crippen molar-refractivity contribution in [3.8, 4) is 0 Å². The molecule has 0 saturated carbocycles. The van der Waals surface area contributed by atoms with Crippen LogP contribution in [0.5, 0.6) is 0 Å². The first kappa shape index (κ1) is 25.4. The number of amides is 3. The normalized spacial score (nSPS) is 15.9. The van der Waals surface area contributed by atoms with Gasteiger partial charge in [0.2, 0.25) is 17.7 Å². The highest BCUT2D eigenvalue weighted by Gasteiger charge is 2.30. The average Bonchev–Trinajstić information content (AvgIpc) is 3.21. The Balaban J connectivity index is 2.74. The summed E-state index contributed by atoms with van der Waals surface area (Å²) in [4.78, 5) is 54.5. The Labute approximate surface area is 177 Å². The van der Waals surface area contributed by atoms with E-state index in [9.17, 15) is 34.5 Å². The molecule has 3 amide bonds. The number of imidazole rings is 1. The van der Waals surface area contributed by atoms with Crippen molar-refractivity contribution in [1.29, 1.82) is 0 Å². The number of aliphatic hydroxyl groups is 2. The Morgan fingerprint density at radius 1 is 1.13 bits per heavy atom. The van der Waals surface area contributed by atoms with Crippen LogP contribution in [0.1, 0.15) is 12.6 Å². The van der Waals surface area contributed by atoms with Gasteiger partial charge in [0, 0.05) is 24.1 Å². The Morgan fingerprint density at radius 3 is 2.17 bits per heavy atom. The molecule has 0 bridgehead atoms. The number of nitrogens with two attached hydrogens (primary N) is 1. The molecule has 0 saturated heterocycles. The number of H-pyrrole nitrogens is 1. The van der Waals surface area contributed by atoms with Crippen LogP contribution in [0.15, 0.2) is 12.5 Å². The maximum absolute atomic E-state index is 12.4. The third-order valence-corrected chi connectivity index (χ3v) is 4.41. The fraction of sp³-hybridized carbons (Fsp3) is 0.562. The van der Waals surface area contributed by atoms with E-state index in [1.807, 2.05) is 0 Å². The van der Waals surface area contributed by atoms with Crippen LogP contribution in [-0.2, 0) is 25.6 Å². The highest BCUT2D eigenvalue weighted by atomic mass is 32.1. The van der Waals surface area contributed by atoms with Crippen LogP contribution in [0.3, 0.4) is 0 Å². The lowest BCUT2D eigenvalue weighted by Crippen LogP contribution is -2.59. The van der Waals surface area contributed by atoms with Gasteiger partial charge in [-0.05, 0) is 6.92 Å². The van der Waals surface area contributed by atoms with Crippen molar-refractivity contribution in [2.24, 2.45) is 5.73 Å². The molecule has 0 aliphatic rings. The van der Waals surface area contributed by atoms with Gasteiger partial charge in [-0.1, -0.05) is 0 Å². The standard InChI is InChI=1S/C16H26N6O7S/c1-7(24)12(17)15(27)22-11(5-30)14(26)21-10(4-23)13(25)20-9(16(28)29)2-8-3-18-6-19-8/h3,6-7,9-12,23-24,30H,2,4-5,17H2,1H3,(H,18,19)(H,20,25)(H,21,26)(H,22,27)(H,28,29). The van der Waals surface area contributed by atoms with Gasteiger partial charge in [-0.25, -0.2) is 9.78 Å². The number of carbonyl (C=O) groups excluding carboxylic acids is 3. The van der Waals surface area contributed by atoms with E-state index in [2.05, 4.69) is 38.5 Å². The minimum absolute atomic E-state index is 0.0975. The molecule has 0 aliphatic heterocycles. The summed E-state index contributed by atoms with van der Waals surface area (Å²) in [6.45, 7) is 0.475. The van der Waals surface area contributed by atoms with Crippen LogP contribution < -0.4 is 21.7 Å². The highest BCUT2D eigenvalue weighted by molar-refractivity contribution is 7.80. The van der Waals surface area contributed by atoms with E-state index in [0.717, 1.165) is 0 Å². The number of nitrogens with one attached hydrogen (secondary N) is 4. The van der Waals surface area contributed by atoms with Gasteiger partial charge in [0.1, 0.15) is 24.2 Å². The minimum Gasteiger partial charge on any atom is -0.480 e. The third-order valence-electron chi connectivity index (χ3n) is 4.05. The molecule has 1 aromatic heterocycles. The van der Waals surface area contributed by atoms with E-state index in [1.165, 1.54) is 19.4 Å². The van der Waals surface area contributed by atoms with Crippen molar-refractivity contribution in [2.45, 2.75) is 43.6 Å². The molecule has 0 radical (unpaired) electrons. The van der Waals surface area contributed by atoms with Gasteiger partial charge in [-0.15, -0.1) is 0 Å². The number of aliphatic carboxylic acids is 1. The van der Waals surface area contributed by atoms with E-state index in [0.29, 0.717) is 5.69 Å². The maximum atomic E-state index is 12.4. The Hall–Kier alpha value is -2.68. The molecular weight excluding hydrogens is 420 g/mol. The number of aliphatic hydroxyl groups excluding tert-OH is 2. The summed E-state index contributed by atoms with van der Waals surface area (Å²) in [5.74, 6) is -4.10. The molecule has 30 heavy (non-hydrogen) atoms. The predicted molar refractivity (Wildman–Crippen MR) is 106 cm³/mol. The number of hydrogen-bond acceptors (Lipinski definition) is 9. The van der Waals surface area contributed by atoms with Crippen molar-refractivity contribution in [3.63, 3.8) is 0 Å². The van der Waals surface area contributed by atoms with E-state index in [-0.39, 0.29) is 12.2 Å². The molecule has 1 heterocycles. The van der Waals surface area contributed by atoms with Crippen molar-refractivity contribution in [1.82, 2.24) is 25.9 Å². The number of thiol groups is 1. The number of rotatable bonds is 12. The number of carbonyl (C=O) groups is 4. The topological polar surface area (TPSA) is 220 Å². The van der Waals surface area contributed by atoms with E-state index >= 15 is 0 Å². The summed E-state index contributed by atoms with van der Waals surface area (Å²) in [6, 6.07) is -5.32. The summed E-state index contributed by atoms with van der Waals surface area (Å²) in [5, 5.41) is 34.8. The van der Waals surface area contributed by atoms with Gasteiger partial charge in [0.05, 0.1) is 19.0 Å². The lowest BCUT2D eigenvalue weighted by molar-refractivity contribution is -0.142. The average molecular weight is 446 g/mol. The first-order valence-electron chi connectivity index (χ1n) is 8.87. The van der Waals surface area contributed by atoms with Crippen molar-refractivity contribution < 1.29 is 34.5 Å². The van der Waals surface area contributed by atoms with Crippen molar-refractivity contribution >= 4 is 36.3 Å². The van der Waals surface area contributed by atoms with Gasteiger partial charge in [-0.2, -0.15) is 12.6 Å². The molecule has 168 valence electrons. The summed E-state index contributed by atoms with van der Waals surface area (Å²) >= 11 is 3.96. The smallest absolute Gasteiger partial charge is 0.326 e. The number of nitrogens with zero attached hydrogens (tertiary/aromatic N) is 1. The third kappa shape index (κ3) is 7.62. The Bertz CT molecular complexity index is 730. The van der Waals surface area contributed by atoms with Gasteiger partial charge < -0.3 is 42.0 Å². The lowest BCUT2D eigenvalue weighted by Gasteiger charge is -2.23. The molecule has 14 heteroatoms. The number of aromatic nitrogens is 2. The number of carboxylic acids is 1. The van der Waals surface area contributed by atoms with Crippen LogP contribution in [0.2, 0.25) is 0 Å². The van der Waals surface area contributed by atoms with Gasteiger partial charge in [0.15, 0.2) is 0 Å². The first-order chi connectivity index (χ1) is 14.1. The molecule has 0 aromatic carbocycles. The molecule has 0 fully saturated rings. The van der Waals surface area contributed by atoms with Crippen LogP contribution in [0.25, 0.3) is 0 Å². The first-order valence-corrected chi connectivity index (χ1v) is 9.50. The second-order valence-corrected chi connectivity index (χ2v) is 6.80. The minimum atomic E-state index is -1.48. The zero-order chi connectivity index (χ0) is 22.8. The number of carboxylic acid groups (broad SMARTS) is 1. The SMILES string of the molecule is CC(O)C(N)C(=O)NC(CS)C(=O)NC(CO)C(=O)NC(Cc1cnc[nH]1)C(=O)O. The second-order valence-electron chi connectivity index (χ2n) is 6.43. The fourth-order valence-electron chi connectivity index (χ4n) is 2.24. The Kier molecular flexibility index (Phi) is 10.2. The van der Waals surface area contributed by atoms with Crippen LogP contribution >= 0.6 is 12.6 Å². The molecule has 1 rings (SSSR count). The summed E-state index contributed by atoms with van der Waals surface area (Å²) in [5.41, 5.74) is 5.95. The molecule has 5 atom stereocenters. The van der Waals surface area contributed by atoms with Crippen LogP contribution in [-0.4, -0.2) is 91.6 Å². The molecular formula is C16H26N6O7S. The number of hydrogen-bond donors (Lipinski definition) is 9. The number of aromatic amines is 1. The summed E-state index contributed by atoms with van der Waals surface area (Å²) in [6.07, 6.45) is 1.49. The predicted octanol–water partition coefficient (Wildman–Crippen LogP) is -3.88. The van der Waals surface area contributed by atoms with Crippen molar-refractivity contribution in [2.75, 3.05) is 12.4 Å². The zero-order valence-electron chi connectivity index (χ0n) is 16.1. The lowest BCUT2D eigenvalue weighted by atomic mass is 10.1. The monoisotopic (exact) mass is 446 g/mol. The molecule has 0 spiro atoms. The fourth-order valence-corrected chi connectivity index (χ4v) is 2.49. The van der Waals surface area contributed by atoms with E-state index < -0.39 is 60.6 Å². The van der Waals surface area contributed by atoms with E-state index in [1.54, 1.807) is 0 Å². The highest BCUT2D eigenvalue weighted by Crippen LogP contribution is 2.01. The van der Waals surface area contributed by atoms with Gasteiger partial charge in [-0.3, -0.25) is 14.4 Å². The van der Waals surface area contributed by atoms with Crippen LogP contribution in [0.4, 0.5) is 0 Å². The summed E-state index contributed by atoms with van der Waals surface area (Å²) in [7, 11) is 0. The quantitative estimate of drug-likeness (QED) is 0.143. The van der Waals surface area contributed by atoms with E-state index in [4.69, 9.17) is 5.73 Å². The molecule has 13 nitrogen and oxygen atoms in total.